The molecule has 9 atom stereocenters. The molecular formula is C50H80N14O14S2. The number of nitrogens with one attached hydrogen (secondary N) is 10. The Morgan fingerprint density at radius 2 is 1.23 bits per heavy atom. The van der Waals surface area contributed by atoms with Crippen molar-refractivity contribution in [3.8, 4) is 5.75 Å². The van der Waals surface area contributed by atoms with Crippen molar-refractivity contribution in [1.82, 2.24) is 57.8 Å². The topological polar surface area (TPSA) is 463 Å². The Morgan fingerprint density at radius 1 is 0.675 bits per heavy atom. The third kappa shape index (κ3) is 25.4. The van der Waals surface area contributed by atoms with E-state index < -0.39 is 138 Å². The molecule has 0 bridgehead atoms. The summed E-state index contributed by atoms with van der Waals surface area (Å²) in [6.07, 6.45) is 5.03. The number of thioether (sulfide) groups is 1. The van der Waals surface area contributed by atoms with Crippen molar-refractivity contribution >= 4 is 89.4 Å². The van der Waals surface area contributed by atoms with Crippen LogP contribution in [-0.2, 0) is 65.6 Å². The minimum absolute atomic E-state index is 0.0316. The molecule has 19 N–H and O–H groups in total. The Morgan fingerprint density at radius 3 is 1.76 bits per heavy atom. The molecule has 1 heterocycles. The van der Waals surface area contributed by atoms with Crippen LogP contribution in [0.5, 0.6) is 5.75 Å². The zero-order chi connectivity index (χ0) is 60.1. The summed E-state index contributed by atoms with van der Waals surface area (Å²) in [6, 6.07) is -6.52. The quantitative estimate of drug-likeness (QED) is 0.0226. The number of rotatable bonds is 38. The van der Waals surface area contributed by atoms with Crippen molar-refractivity contribution in [1.29, 1.82) is 0 Å². The summed E-state index contributed by atoms with van der Waals surface area (Å²) in [6.45, 7) is 5.23. The first-order chi connectivity index (χ1) is 37.8. The number of carbonyl (C=O) groups excluding carboxylic acids is 10. The first kappa shape index (κ1) is 69.1. The van der Waals surface area contributed by atoms with Gasteiger partial charge >= 0.3 is 5.97 Å². The molecule has 0 aliphatic heterocycles. The molecule has 1 aromatic heterocycles. The van der Waals surface area contributed by atoms with Crippen LogP contribution in [0.3, 0.4) is 0 Å². The number of imidazole rings is 1. The average molecular weight is 1170 g/mol. The lowest BCUT2D eigenvalue weighted by Crippen LogP contribution is -2.61. The Balaban J connectivity index is 2.23. The molecule has 30 heteroatoms. The first-order valence-electron chi connectivity index (χ1n) is 26.0. The van der Waals surface area contributed by atoms with Gasteiger partial charge in [0.2, 0.25) is 59.1 Å². The maximum absolute atomic E-state index is 14.0. The minimum Gasteiger partial charge on any atom is -0.508 e. The zero-order valence-corrected chi connectivity index (χ0v) is 47.3. The number of aliphatic hydroxyl groups is 1. The van der Waals surface area contributed by atoms with E-state index >= 15 is 0 Å². The molecule has 1 aromatic carbocycles. The van der Waals surface area contributed by atoms with Gasteiger partial charge in [0.15, 0.2) is 0 Å². The molecule has 0 aliphatic rings. The van der Waals surface area contributed by atoms with Gasteiger partial charge in [-0.1, -0.05) is 46.2 Å². The van der Waals surface area contributed by atoms with Gasteiger partial charge in [-0.3, -0.25) is 47.9 Å². The molecule has 0 aliphatic carbocycles. The van der Waals surface area contributed by atoms with Crippen molar-refractivity contribution in [2.75, 3.05) is 37.5 Å². The molecule has 0 radical (unpaired) electrons. The summed E-state index contributed by atoms with van der Waals surface area (Å²) in [5.41, 5.74) is 17.7. The Labute approximate surface area is 473 Å². The second-order valence-electron chi connectivity index (χ2n) is 19.6. The number of hydrogen-bond acceptors (Lipinski definition) is 18. The monoisotopic (exact) mass is 1160 g/mol. The predicted octanol–water partition coefficient (Wildman–Crippen LogP) is -3.92. The van der Waals surface area contributed by atoms with E-state index in [4.69, 9.17) is 17.2 Å². The minimum atomic E-state index is -1.70. The largest absolute Gasteiger partial charge is 0.508 e. The summed E-state index contributed by atoms with van der Waals surface area (Å²) < 4.78 is 0. The summed E-state index contributed by atoms with van der Waals surface area (Å²) >= 11 is 5.52. The maximum atomic E-state index is 14.0. The summed E-state index contributed by atoms with van der Waals surface area (Å²) in [5.74, 6) is -10.9. The lowest BCUT2D eigenvalue weighted by Gasteiger charge is -2.28. The van der Waals surface area contributed by atoms with Gasteiger partial charge < -0.3 is 85.4 Å². The fourth-order valence-electron chi connectivity index (χ4n) is 7.64. The van der Waals surface area contributed by atoms with Gasteiger partial charge in [-0.15, -0.1) is 0 Å². The van der Waals surface area contributed by atoms with Gasteiger partial charge in [-0.05, 0) is 80.2 Å². The van der Waals surface area contributed by atoms with Gasteiger partial charge in [0.05, 0.1) is 25.5 Å². The SMILES string of the molecule is CSCC[C@H](NC(=O)[C@H](Cc1ccc(O)cc1)NC(=O)CNC(=O)[C@@H](NC(=O)[C@H](CO)NC(=O)[C@H](CC(C)C)NC(=O)[C@H](CCC(N)=O)NC(=O)[C@H](CS)NC(=O)[C@@H](N)CCCCN)C(C)C)C(=O)N[C@@H](Cc1cnc[nH]1)C(=O)O. The molecular weight excluding hydrogens is 1080 g/mol. The van der Waals surface area contributed by atoms with Crippen LogP contribution in [0, 0.1) is 11.8 Å². The van der Waals surface area contributed by atoms with Crippen molar-refractivity contribution in [2.45, 2.75) is 140 Å². The summed E-state index contributed by atoms with van der Waals surface area (Å²) in [4.78, 5) is 153. The van der Waals surface area contributed by atoms with Gasteiger partial charge in [0.25, 0.3) is 0 Å². The van der Waals surface area contributed by atoms with Crippen LogP contribution >= 0.6 is 24.4 Å². The first-order valence-corrected chi connectivity index (χ1v) is 28.0. The molecule has 80 heavy (non-hydrogen) atoms. The van der Waals surface area contributed by atoms with Gasteiger partial charge in [-0.2, -0.15) is 24.4 Å². The number of nitrogens with zero attached hydrogens (tertiary/aromatic N) is 1. The van der Waals surface area contributed by atoms with Crippen LogP contribution in [0.1, 0.15) is 83.9 Å². The third-order valence-corrected chi connectivity index (χ3v) is 13.1. The van der Waals surface area contributed by atoms with E-state index in [0.29, 0.717) is 42.8 Å². The lowest BCUT2D eigenvalue weighted by atomic mass is 10.0. The van der Waals surface area contributed by atoms with Crippen LogP contribution in [0.2, 0.25) is 0 Å². The number of aromatic nitrogens is 2. The smallest absolute Gasteiger partial charge is 0.326 e. The van der Waals surface area contributed by atoms with E-state index in [0.717, 1.165) is 0 Å². The van der Waals surface area contributed by atoms with E-state index in [1.165, 1.54) is 48.6 Å². The number of aliphatic hydroxyl groups excluding tert-OH is 1. The number of aromatic hydroxyl groups is 1. The molecule has 0 unspecified atom stereocenters. The fraction of sp³-hybridized carbons (Fsp3) is 0.600. The van der Waals surface area contributed by atoms with Crippen molar-refractivity contribution in [3.63, 3.8) is 0 Å². The number of aromatic amines is 1. The molecule has 0 fully saturated rings. The zero-order valence-electron chi connectivity index (χ0n) is 45.6. The lowest BCUT2D eigenvalue weighted by molar-refractivity contribution is -0.142. The number of carbonyl (C=O) groups is 11. The van der Waals surface area contributed by atoms with Gasteiger partial charge in [0.1, 0.15) is 54.1 Å². The number of primary amides is 1. The molecule has 0 spiro atoms. The van der Waals surface area contributed by atoms with E-state index in [-0.39, 0.29) is 55.9 Å². The number of aliphatic carboxylic acids is 1. The number of phenolic OH excluding ortho intramolecular Hbond substituents is 1. The normalized spacial score (nSPS) is 14.5. The van der Waals surface area contributed by atoms with E-state index in [9.17, 15) is 68.1 Å². The van der Waals surface area contributed by atoms with Gasteiger partial charge in [-0.25, -0.2) is 9.78 Å². The van der Waals surface area contributed by atoms with Gasteiger partial charge in [0, 0.05) is 36.9 Å². The Hall–Kier alpha value is -7.02. The number of thiol groups is 1. The van der Waals surface area contributed by atoms with Crippen molar-refractivity contribution in [3.05, 3.63) is 48.0 Å². The number of benzene rings is 1. The standard InChI is InChI=1S/C50H80N14O14S2/c1-26(2)18-34(60-43(70)32(13-14-39(53)67)58-48(75)38(24-79)63-42(69)31(52)8-6-7-16-51)45(72)62-37(23-65)47(74)64-41(27(3)4)49(76)55-22-40(68)57-35(19-28-9-11-30(66)12-10-28)46(73)59-33(15-17-80-5)44(71)61-36(50(77)78)20-29-21-54-25-56-29/h9-12,21,25-27,31-38,41,65-66,79H,6-8,13-20,22-24,51-52H2,1-5H3,(H2,53,67)(H,54,56)(H,55,76)(H,57,68)(H,58,75)(H,59,73)(H,60,70)(H,61,71)(H,62,72)(H,63,69)(H,64,74)(H,77,78)/t31-,32-,33-,34-,35-,36-,37-,38-,41-/m0/s1. The predicted molar refractivity (Wildman–Crippen MR) is 298 cm³/mol. The third-order valence-electron chi connectivity index (χ3n) is 12.1. The molecule has 2 aromatic rings. The van der Waals surface area contributed by atoms with Crippen LogP contribution in [0.25, 0.3) is 0 Å². The molecule has 446 valence electrons. The number of amides is 10. The molecule has 28 nitrogen and oxygen atoms in total. The molecule has 10 amide bonds. The van der Waals surface area contributed by atoms with Crippen molar-refractivity contribution in [2.24, 2.45) is 29.0 Å². The van der Waals surface area contributed by atoms with Crippen LogP contribution in [-0.4, -0.2) is 182 Å². The van der Waals surface area contributed by atoms with E-state index in [1.54, 1.807) is 34.0 Å². The Kier molecular flexibility index (Phi) is 31.3. The molecule has 2 rings (SSSR count). The highest BCUT2D eigenvalue weighted by Gasteiger charge is 2.35. The highest BCUT2D eigenvalue weighted by Crippen LogP contribution is 2.14. The second-order valence-corrected chi connectivity index (χ2v) is 20.9. The van der Waals surface area contributed by atoms with Crippen LogP contribution in [0.15, 0.2) is 36.8 Å². The number of nitrogens with two attached hydrogens (primary N) is 3. The number of carboxylic acids is 1. The number of hydrogen-bond donors (Lipinski definition) is 17. The molecule has 0 saturated carbocycles. The van der Waals surface area contributed by atoms with E-state index in [2.05, 4.69) is 70.4 Å². The highest BCUT2D eigenvalue weighted by atomic mass is 32.2. The average Bonchev–Trinajstić information content (AvgIpc) is 3.92. The highest BCUT2D eigenvalue weighted by molar-refractivity contribution is 7.98. The number of carboxylic acid groups (broad SMARTS) is 1. The van der Waals surface area contributed by atoms with Crippen molar-refractivity contribution < 1.29 is 68.1 Å². The molecule has 0 saturated heterocycles. The van der Waals surface area contributed by atoms with E-state index in [1.807, 2.05) is 0 Å². The number of unbranched alkanes of at least 4 members (excludes halogenated alkanes) is 1. The number of H-pyrrole nitrogens is 1. The van der Waals surface area contributed by atoms with Crippen LogP contribution in [0.4, 0.5) is 0 Å². The second kappa shape index (κ2) is 36.3. The van der Waals surface area contributed by atoms with Crippen LogP contribution < -0.4 is 65.1 Å². The fourth-order valence-corrected chi connectivity index (χ4v) is 8.36. The number of phenols is 1. The summed E-state index contributed by atoms with van der Waals surface area (Å²) in [5, 5.41) is 52.3. The maximum Gasteiger partial charge on any atom is 0.326 e. The summed E-state index contributed by atoms with van der Waals surface area (Å²) in [7, 11) is 0. The Bertz CT molecular complexity index is 2370.